The largest absolute Gasteiger partial charge is 0.382 e. The van der Waals surface area contributed by atoms with Crippen LogP contribution in [-0.4, -0.2) is 54.2 Å². The lowest BCUT2D eigenvalue weighted by Gasteiger charge is -2.18. The normalized spacial score (nSPS) is 18.7. The minimum absolute atomic E-state index is 0.108. The van der Waals surface area contributed by atoms with Crippen LogP contribution in [0.2, 0.25) is 0 Å². The predicted octanol–water partition coefficient (Wildman–Crippen LogP) is 4.43. The Balaban J connectivity index is 1.53. The van der Waals surface area contributed by atoms with Gasteiger partial charge < -0.3 is 15.6 Å². The van der Waals surface area contributed by atoms with Crippen molar-refractivity contribution in [1.29, 1.82) is 0 Å². The number of rotatable bonds is 9. The molecule has 0 amide bonds. The second-order valence-corrected chi connectivity index (χ2v) is 11.7. The third-order valence-electron chi connectivity index (χ3n) is 5.99. The number of nitrogens with one attached hydrogen (secondary N) is 1. The lowest BCUT2D eigenvalue weighted by atomic mass is 9.92. The maximum atomic E-state index is 14.9. The average molecular weight is 530 g/mol. The molecule has 0 bridgehead atoms. The number of alkyl halides is 2. The van der Waals surface area contributed by atoms with Crippen LogP contribution >= 0.6 is 0 Å². The van der Waals surface area contributed by atoms with Gasteiger partial charge in [0.05, 0.1) is 33.6 Å². The molecule has 0 spiro atoms. The molecule has 1 aliphatic rings. The van der Waals surface area contributed by atoms with Crippen LogP contribution in [0.4, 0.5) is 14.6 Å². The van der Waals surface area contributed by atoms with Crippen molar-refractivity contribution in [3.05, 3.63) is 66.0 Å². The average Bonchev–Trinajstić information content (AvgIpc) is 3.34. The van der Waals surface area contributed by atoms with Crippen molar-refractivity contribution >= 4 is 15.7 Å². The van der Waals surface area contributed by atoms with Crippen LogP contribution in [0.5, 0.6) is 0 Å². The highest BCUT2D eigenvalue weighted by Crippen LogP contribution is 2.33. The number of benzene rings is 1. The first-order chi connectivity index (χ1) is 17.6. The van der Waals surface area contributed by atoms with Gasteiger partial charge in [-0.05, 0) is 44.6 Å². The molecule has 8 nitrogen and oxygen atoms in total. The van der Waals surface area contributed by atoms with E-state index in [0.29, 0.717) is 23.5 Å². The lowest BCUT2D eigenvalue weighted by molar-refractivity contribution is 0.343. The molecule has 4 rings (SSSR count). The summed E-state index contributed by atoms with van der Waals surface area (Å²) in [6.45, 7) is 5.27. The lowest BCUT2D eigenvalue weighted by Crippen LogP contribution is -2.25. The number of aromatic nitrogens is 3. The topological polar surface area (TPSA) is 124 Å². The van der Waals surface area contributed by atoms with Gasteiger partial charge in [-0.1, -0.05) is 29.4 Å². The monoisotopic (exact) mass is 529 g/mol. The molecular formula is C26H29F2N5O3S. The van der Waals surface area contributed by atoms with Crippen LogP contribution < -0.4 is 11.1 Å². The standard InChI is InChI=1S/C26H29F2N5O3S/c1-15(2)37(34,35)19-7-5-18(6-8-19)23-14-31-26(29)25(32-23)24-11-22(33-36-24)20-9-4-17(10-21(20)28)13-30-12-16(3)27/h4-11,14-16,20-21,30H,12-13H2,1-3H3,(H2,29,31). The van der Waals surface area contributed by atoms with Crippen LogP contribution in [0.1, 0.15) is 32.4 Å². The molecule has 3 aromatic rings. The molecule has 37 heavy (non-hydrogen) atoms. The van der Waals surface area contributed by atoms with Crippen molar-refractivity contribution in [2.24, 2.45) is 0 Å². The molecule has 0 radical (unpaired) electrons. The van der Waals surface area contributed by atoms with E-state index in [1.54, 1.807) is 44.2 Å². The Labute approximate surface area is 214 Å². The van der Waals surface area contributed by atoms with Crippen LogP contribution in [0.25, 0.3) is 22.7 Å². The van der Waals surface area contributed by atoms with E-state index in [-0.39, 0.29) is 28.7 Å². The van der Waals surface area contributed by atoms with Gasteiger partial charge in [-0.15, -0.1) is 0 Å². The van der Waals surface area contributed by atoms with Crippen LogP contribution in [0.3, 0.4) is 0 Å². The number of hydrogen-bond donors (Lipinski definition) is 2. The molecule has 3 atom stereocenters. The fraction of sp³-hybridized carbons (Fsp3) is 0.346. The van der Waals surface area contributed by atoms with E-state index in [1.807, 2.05) is 0 Å². The van der Waals surface area contributed by atoms with Crippen molar-refractivity contribution < 1.29 is 21.7 Å². The Morgan fingerprint density at radius 3 is 2.57 bits per heavy atom. The van der Waals surface area contributed by atoms with Gasteiger partial charge in [-0.25, -0.2) is 27.2 Å². The zero-order chi connectivity index (χ0) is 26.7. The zero-order valence-corrected chi connectivity index (χ0v) is 21.5. The van der Waals surface area contributed by atoms with Crippen molar-refractivity contribution in [2.45, 2.75) is 49.2 Å². The summed E-state index contributed by atoms with van der Waals surface area (Å²) in [5, 5.41) is 6.43. The van der Waals surface area contributed by atoms with Gasteiger partial charge >= 0.3 is 0 Å². The number of nitrogen functional groups attached to an aromatic ring is 1. The van der Waals surface area contributed by atoms with E-state index in [2.05, 4.69) is 20.4 Å². The number of nitrogens with zero attached hydrogens (tertiary/aromatic N) is 3. The molecule has 3 N–H and O–H groups in total. The second kappa shape index (κ2) is 10.9. The van der Waals surface area contributed by atoms with Crippen molar-refractivity contribution in [2.75, 3.05) is 18.8 Å². The van der Waals surface area contributed by atoms with Gasteiger partial charge in [0.2, 0.25) is 0 Å². The molecule has 196 valence electrons. The summed E-state index contributed by atoms with van der Waals surface area (Å²) in [6.07, 6.45) is 4.12. The molecule has 2 heterocycles. The molecule has 1 aliphatic carbocycles. The van der Waals surface area contributed by atoms with Gasteiger partial charge in [0.25, 0.3) is 0 Å². The second-order valence-electron chi connectivity index (χ2n) is 9.21. The maximum absolute atomic E-state index is 14.9. The molecule has 11 heteroatoms. The Kier molecular flexibility index (Phi) is 7.84. The van der Waals surface area contributed by atoms with E-state index < -0.39 is 33.3 Å². The number of halogens is 2. The van der Waals surface area contributed by atoms with Crippen LogP contribution in [0.15, 0.2) is 69.7 Å². The first-order valence-electron chi connectivity index (χ1n) is 11.9. The van der Waals surface area contributed by atoms with Crippen molar-refractivity contribution in [3.63, 3.8) is 0 Å². The molecule has 1 aromatic carbocycles. The first kappa shape index (κ1) is 26.6. The van der Waals surface area contributed by atoms with Gasteiger partial charge in [0.1, 0.15) is 12.3 Å². The Hall–Kier alpha value is -3.44. The number of nitrogens with two attached hydrogens (primary N) is 1. The number of hydrogen-bond acceptors (Lipinski definition) is 8. The summed E-state index contributed by atoms with van der Waals surface area (Å²) in [6, 6.07) is 7.94. The third kappa shape index (κ3) is 5.94. The summed E-state index contributed by atoms with van der Waals surface area (Å²) in [5.74, 6) is -0.319. The summed E-state index contributed by atoms with van der Waals surface area (Å²) in [5.41, 5.74) is 8.48. The third-order valence-corrected chi connectivity index (χ3v) is 8.16. The molecule has 0 aliphatic heterocycles. The van der Waals surface area contributed by atoms with Crippen molar-refractivity contribution in [1.82, 2.24) is 20.4 Å². The highest BCUT2D eigenvalue weighted by atomic mass is 32.2. The van der Waals surface area contributed by atoms with E-state index in [9.17, 15) is 17.2 Å². The maximum Gasteiger partial charge on any atom is 0.189 e. The molecule has 0 fully saturated rings. The van der Waals surface area contributed by atoms with Gasteiger partial charge in [-0.3, -0.25) is 0 Å². The summed E-state index contributed by atoms with van der Waals surface area (Å²) in [4.78, 5) is 8.96. The minimum atomic E-state index is -3.40. The minimum Gasteiger partial charge on any atom is -0.382 e. The highest BCUT2D eigenvalue weighted by molar-refractivity contribution is 7.92. The summed E-state index contributed by atoms with van der Waals surface area (Å²) < 4.78 is 58.1. The van der Waals surface area contributed by atoms with E-state index in [0.717, 1.165) is 5.57 Å². The van der Waals surface area contributed by atoms with Crippen LogP contribution in [-0.2, 0) is 9.84 Å². The Morgan fingerprint density at radius 1 is 1.19 bits per heavy atom. The molecule has 2 aromatic heterocycles. The van der Waals surface area contributed by atoms with Gasteiger partial charge in [0, 0.05) is 24.7 Å². The highest BCUT2D eigenvalue weighted by Gasteiger charge is 2.27. The van der Waals surface area contributed by atoms with E-state index in [1.165, 1.54) is 31.3 Å². The fourth-order valence-corrected chi connectivity index (χ4v) is 4.92. The van der Waals surface area contributed by atoms with Gasteiger partial charge in [0.15, 0.2) is 27.1 Å². The summed E-state index contributed by atoms with van der Waals surface area (Å²) in [7, 11) is -3.40. The summed E-state index contributed by atoms with van der Waals surface area (Å²) >= 11 is 0. The van der Waals surface area contributed by atoms with Crippen LogP contribution in [0, 0.1) is 0 Å². The van der Waals surface area contributed by atoms with E-state index >= 15 is 0 Å². The zero-order valence-electron chi connectivity index (χ0n) is 20.7. The molecule has 0 saturated carbocycles. The first-order valence-corrected chi connectivity index (χ1v) is 13.4. The molecular weight excluding hydrogens is 500 g/mol. The number of anilines is 1. The quantitative estimate of drug-likeness (QED) is 0.417. The number of sulfone groups is 1. The predicted molar refractivity (Wildman–Crippen MR) is 138 cm³/mol. The SMILES string of the molecule is CC(F)CNCC1=CC(F)C(c2cc(-c3nc(-c4ccc(S(=O)(=O)C(C)C)cc4)cnc3N)on2)C=C1. The smallest absolute Gasteiger partial charge is 0.189 e. The fourth-order valence-electron chi connectivity index (χ4n) is 3.86. The Morgan fingerprint density at radius 2 is 1.92 bits per heavy atom. The number of allylic oxidation sites excluding steroid dienone is 2. The van der Waals surface area contributed by atoms with Crippen molar-refractivity contribution in [3.8, 4) is 22.7 Å². The molecule has 3 unspecified atom stereocenters. The Bertz CT molecular complexity index is 1420. The van der Waals surface area contributed by atoms with Gasteiger partial charge in [-0.2, -0.15) is 0 Å². The van der Waals surface area contributed by atoms with E-state index in [4.69, 9.17) is 10.3 Å². The molecule has 0 saturated heterocycles.